The summed E-state index contributed by atoms with van der Waals surface area (Å²) in [5, 5.41) is 0. The lowest BCUT2D eigenvalue weighted by atomic mass is 10.2. The Bertz CT molecular complexity index is 541. The first-order valence-corrected chi connectivity index (χ1v) is 6.59. The highest BCUT2D eigenvalue weighted by Crippen LogP contribution is 2.14. The van der Waals surface area contributed by atoms with Gasteiger partial charge in [-0.05, 0) is 37.6 Å². The first-order chi connectivity index (χ1) is 9.66. The van der Waals surface area contributed by atoms with Crippen molar-refractivity contribution in [2.45, 2.75) is 26.4 Å². The van der Waals surface area contributed by atoms with E-state index in [2.05, 4.69) is 4.98 Å². The van der Waals surface area contributed by atoms with Gasteiger partial charge >= 0.3 is 6.09 Å². The van der Waals surface area contributed by atoms with Crippen LogP contribution in [0.15, 0.2) is 54.9 Å². The van der Waals surface area contributed by atoms with Gasteiger partial charge in [-0.3, -0.25) is 4.98 Å². The minimum Gasteiger partial charge on any atom is -0.410 e. The van der Waals surface area contributed by atoms with Crippen molar-refractivity contribution in [2.24, 2.45) is 0 Å². The molecule has 1 amide bonds. The number of carbonyl (C=O) groups is 1. The Hall–Kier alpha value is -2.36. The molecule has 1 aromatic carbocycles. The van der Waals surface area contributed by atoms with Gasteiger partial charge in [-0.15, -0.1) is 0 Å². The van der Waals surface area contributed by atoms with E-state index < -0.39 is 0 Å². The van der Waals surface area contributed by atoms with Crippen molar-refractivity contribution < 1.29 is 9.53 Å². The average Bonchev–Trinajstić information content (AvgIpc) is 2.46. The van der Waals surface area contributed by atoms with Crippen LogP contribution in [0.25, 0.3) is 0 Å². The van der Waals surface area contributed by atoms with Crippen LogP contribution in [0.4, 0.5) is 4.79 Å². The molecule has 0 fully saturated rings. The van der Waals surface area contributed by atoms with Crippen molar-refractivity contribution in [1.29, 1.82) is 0 Å². The highest BCUT2D eigenvalue weighted by Gasteiger charge is 2.19. The van der Waals surface area contributed by atoms with Crippen molar-refractivity contribution in [3.63, 3.8) is 0 Å². The number of pyridine rings is 1. The molecule has 0 radical (unpaired) electrons. The van der Waals surface area contributed by atoms with Crippen LogP contribution >= 0.6 is 0 Å². The van der Waals surface area contributed by atoms with E-state index in [-0.39, 0.29) is 12.1 Å². The minimum absolute atomic E-state index is 0.0476. The fourth-order valence-electron chi connectivity index (χ4n) is 1.79. The summed E-state index contributed by atoms with van der Waals surface area (Å²) in [5.41, 5.74) is 0.978. The largest absolute Gasteiger partial charge is 0.415 e. The fraction of sp³-hybridized carbons (Fsp3) is 0.250. The predicted molar refractivity (Wildman–Crippen MR) is 77.4 cm³/mol. The quantitative estimate of drug-likeness (QED) is 0.854. The minimum atomic E-state index is -0.352. The molecule has 1 heterocycles. The third kappa shape index (κ3) is 3.82. The summed E-state index contributed by atoms with van der Waals surface area (Å²) in [6, 6.07) is 12.9. The molecular formula is C16H18N2O2. The third-order valence-electron chi connectivity index (χ3n) is 2.88. The maximum absolute atomic E-state index is 12.2. The molecule has 0 N–H and O–H groups in total. The van der Waals surface area contributed by atoms with E-state index in [0.717, 1.165) is 5.56 Å². The molecule has 0 aliphatic carbocycles. The van der Waals surface area contributed by atoms with Gasteiger partial charge < -0.3 is 9.64 Å². The third-order valence-corrected chi connectivity index (χ3v) is 2.88. The molecule has 4 heteroatoms. The van der Waals surface area contributed by atoms with E-state index >= 15 is 0 Å². The monoisotopic (exact) mass is 270 g/mol. The van der Waals surface area contributed by atoms with E-state index in [1.165, 1.54) is 0 Å². The number of hydrogen-bond acceptors (Lipinski definition) is 3. The van der Waals surface area contributed by atoms with Crippen molar-refractivity contribution in [1.82, 2.24) is 9.88 Å². The van der Waals surface area contributed by atoms with Crippen molar-refractivity contribution >= 4 is 6.09 Å². The molecule has 0 unspecified atom stereocenters. The molecular weight excluding hydrogens is 252 g/mol. The molecule has 0 bridgehead atoms. The van der Waals surface area contributed by atoms with Gasteiger partial charge in [-0.2, -0.15) is 0 Å². The maximum Gasteiger partial charge on any atom is 0.415 e. The normalized spacial score (nSPS) is 10.3. The average molecular weight is 270 g/mol. The Labute approximate surface area is 119 Å². The predicted octanol–water partition coefficient (Wildman–Crippen LogP) is 3.49. The zero-order chi connectivity index (χ0) is 14.4. The van der Waals surface area contributed by atoms with Crippen molar-refractivity contribution in [2.75, 3.05) is 0 Å². The molecule has 104 valence electrons. The number of rotatable bonds is 4. The number of amides is 1. The van der Waals surface area contributed by atoms with E-state index in [4.69, 9.17) is 4.74 Å². The molecule has 0 aliphatic rings. The molecule has 0 saturated carbocycles. The van der Waals surface area contributed by atoms with Crippen LogP contribution in [-0.2, 0) is 6.54 Å². The molecule has 0 saturated heterocycles. The Kier molecular flexibility index (Phi) is 4.71. The molecule has 0 spiro atoms. The highest BCUT2D eigenvalue weighted by atomic mass is 16.6. The topological polar surface area (TPSA) is 42.4 Å². The molecule has 4 nitrogen and oxygen atoms in total. The second kappa shape index (κ2) is 6.70. The van der Waals surface area contributed by atoms with Gasteiger partial charge in [0.2, 0.25) is 0 Å². The smallest absolute Gasteiger partial charge is 0.410 e. The summed E-state index contributed by atoms with van der Waals surface area (Å²) in [4.78, 5) is 18.0. The zero-order valence-electron chi connectivity index (χ0n) is 11.7. The Morgan fingerprint density at radius 1 is 1.20 bits per heavy atom. The van der Waals surface area contributed by atoms with Crippen LogP contribution in [0.1, 0.15) is 19.4 Å². The number of nitrogens with zero attached hydrogens (tertiary/aromatic N) is 2. The van der Waals surface area contributed by atoms with Crippen LogP contribution < -0.4 is 4.74 Å². The summed E-state index contributed by atoms with van der Waals surface area (Å²) < 4.78 is 5.38. The molecule has 1 aromatic heterocycles. The lowest BCUT2D eigenvalue weighted by molar-refractivity contribution is 0.135. The van der Waals surface area contributed by atoms with Gasteiger partial charge in [0.05, 0.1) is 6.54 Å². The number of aromatic nitrogens is 1. The van der Waals surface area contributed by atoms with Crippen molar-refractivity contribution in [3.05, 3.63) is 60.4 Å². The lowest BCUT2D eigenvalue weighted by Crippen LogP contribution is -2.38. The van der Waals surface area contributed by atoms with Gasteiger partial charge in [-0.1, -0.05) is 24.3 Å². The summed E-state index contributed by atoms with van der Waals surface area (Å²) >= 11 is 0. The van der Waals surface area contributed by atoms with Gasteiger partial charge in [0.25, 0.3) is 0 Å². The van der Waals surface area contributed by atoms with Gasteiger partial charge in [0, 0.05) is 18.4 Å². The number of benzene rings is 1. The first kappa shape index (κ1) is 14.1. The lowest BCUT2D eigenvalue weighted by Gasteiger charge is -2.25. The molecule has 0 atom stereocenters. The number of ether oxygens (including phenoxy) is 1. The highest BCUT2D eigenvalue weighted by molar-refractivity contribution is 5.71. The molecule has 2 rings (SSSR count). The number of hydrogen-bond donors (Lipinski definition) is 0. The molecule has 20 heavy (non-hydrogen) atoms. The zero-order valence-corrected chi connectivity index (χ0v) is 11.7. The number of para-hydroxylation sites is 1. The summed E-state index contributed by atoms with van der Waals surface area (Å²) in [6.07, 6.45) is 3.12. The molecule has 2 aromatic rings. The van der Waals surface area contributed by atoms with Crippen LogP contribution in [0, 0.1) is 0 Å². The standard InChI is InChI=1S/C16H18N2O2/c1-13(2)18(12-14-7-6-10-17-11-14)16(19)20-15-8-4-3-5-9-15/h3-11,13H,12H2,1-2H3. The summed E-state index contributed by atoms with van der Waals surface area (Å²) in [5.74, 6) is 0.550. The first-order valence-electron chi connectivity index (χ1n) is 6.59. The summed E-state index contributed by atoms with van der Waals surface area (Å²) in [7, 11) is 0. The maximum atomic E-state index is 12.2. The van der Waals surface area contributed by atoms with Crippen molar-refractivity contribution in [3.8, 4) is 5.75 Å². The Morgan fingerprint density at radius 2 is 1.95 bits per heavy atom. The second-order valence-electron chi connectivity index (χ2n) is 4.76. The van der Waals surface area contributed by atoms with E-state index in [1.54, 1.807) is 29.4 Å². The van der Waals surface area contributed by atoms with E-state index in [1.807, 2.05) is 44.2 Å². The Morgan fingerprint density at radius 3 is 2.55 bits per heavy atom. The van der Waals surface area contributed by atoms with E-state index in [0.29, 0.717) is 12.3 Å². The fourth-order valence-corrected chi connectivity index (χ4v) is 1.79. The van der Waals surface area contributed by atoms with Gasteiger partial charge in [-0.25, -0.2) is 4.79 Å². The van der Waals surface area contributed by atoms with Crippen LogP contribution in [0.2, 0.25) is 0 Å². The van der Waals surface area contributed by atoms with Crippen LogP contribution in [0.5, 0.6) is 5.75 Å². The van der Waals surface area contributed by atoms with Gasteiger partial charge in [0.15, 0.2) is 0 Å². The number of carbonyl (C=O) groups excluding carboxylic acids is 1. The molecule has 0 aliphatic heterocycles. The second-order valence-corrected chi connectivity index (χ2v) is 4.76. The van der Waals surface area contributed by atoms with E-state index in [9.17, 15) is 4.79 Å². The van der Waals surface area contributed by atoms with Gasteiger partial charge in [0.1, 0.15) is 5.75 Å². The van der Waals surface area contributed by atoms with Crippen LogP contribution in [0.3, 0.4) is 0 Å². The SMILES string of the molecule is CC(C)N(Cc1cccnc1)C(=O)Oc1ccccc1. The Balaban J connectivity index is 2.07. The van der Waals surface area contributed by atoms with Crippen LogP contribution in [-0.4, -0.2) is 22.0 Å². The summed E-state index contributed by atoms with van der Waals surface area (Å²) in [6.45, 7) is 4.41.